The van der Waals surface area contributed by atoms with Crippen LogP contribution in [0.25, 0.3) is 0 Å². The van der Waals surface area contributed by atoms with Gasteiger partial charge in [0.15, 0.2) is 0 Å². The fourth-order valence-corrected chi connectivity index (χ4v) is 2.45. The molecule has 0 aliphatic heterocycles. The molecule has 3 aromatic rings. The molecule has 126 valence electrons. The van der Waals surface area contributed by atoms with Crippen molar-refractivity contribution in [1.29, 1.82) is 0 Å². The summed E-state index contributed by atoms with van der Waals surface area (Å²) in [6.45, 7) is 0.847. The fourth-order valence-electron chi connectivity index (χ4n) is 2.26. The van der Waals surface area contributed by atoms with Crippen LogP contribution in [0.1, 0.15) is 21.5 Å². The summed E-state index contributed by atoms with van der Waals surface area (Å²) in [6, 6.07) is 18.3. The van der Waals surface area contributed by atoms with Crippen molar-refractivity contribution in [2.24, 2.45) is 0 Å². The number of halogens is 1. The van der Waals surface area contributed by atoms with Crippen LogP contribution in [0.2, 0.25) is 5.02 Å². The second-order valence-electron chi connectivity index (χ2n) is 5.44. The van der Waals surface area contributed by atoms with E-state index in [0.717, 1.165) is 11.1 Å². The molecule has 0 atom stereocenters. The van der Waals surface area contributed by atoms with Gasteiger partial charge in [-0.2, -0.15) is 0 Å². The van der Waals surface area contributed by atoms with Crippen LogP contribution in [0.3, 0.4) is 0 Å². The minimum Gasteiger partial charge on any atom is -0.489 e. The third-order valence-electron chi connectivity index (χ3n) is 3.67. The number of pyridine rings is 1. The van der Waals surface area contributed by atoms with E-state index in [1.807, 2.05) is 36.4 Å². The maximum absolute atomic E-state index is 12.2. The van der Waals surface area contributed by atoms with Crippen molar-refractivity contribution in [2.45, 2.75) is 13.2 Å². The van der Waals surface area contributed by atoms with E-state index in [1.54, 1.807) is 36.7 Å². The number of amides is 1. The molecule has 0 aliphatic rings. The number of aromatic nitrogens is 1. The van der Waals surface area contributed by atoms with Crippen LogP contribution in [-0.2, 0) is 13.2 Å². The molecule has 0 saturated carbocycles. The van der Waals surface area contributed by atoms with Gasteiger partial charge in [0.1, 0.15) is 12.4 Å². The molecule has 2 aromatic carbocycles. The first-order chi connectivity index (χ1) is 12.2. The van der Waals surface area contributed by atoms with E-state index in [2.05, 4.69) is 10.3 Å². The van der Waals surface area contributed by atoms with E-state index in [4.69, 9.17) is 16.3 Å². The lowest BCUT2D eigenvalue weighted by Gasteiger charge is -2.09. The molecule has 0 aliphatic carbocycles. The summed E-state index contributed by atoms with van der Waals surface area (Å²) in [5.74, 6) is 0.556. The predicted molar refractivity (Wildman–Crippen MR) is 97.6 cm³/mol. The van der Waals surface area contributed by atoms with Gasteiger partial charge < -0.3 is 10.1 Å². The molecular weight excluding hydrogens is 336 g/mol. The molecule has 1 aromatic heterocycles. The Labute approximate surface area is 151 Å². The molecule has 3 rings (SSSR count). The highest BCUT2D eigenvalue weighted by Crippen LogP contribution is 2.19. The smallest absolute Gasteiger partial charge is 0.251 e. The van der Waals surface area contributed by atoms with Crippen molar-refractivity contribution in [2.75, 3.05) is 0 Å². The quantitative estimate of drug-likeness (QED) is 0.721. The summed E-state index contributed by atoms with van der Waals surface area (Å²) in [5.41, 5.74) is 2.51. The molecule has 1 heterocycles. The normalized spacial score (nSPS) is 10.3. The van der Waals surface area contributed by atoms with E-state index >= 15 is 0 Å². The van der Waals surface area contributed by atoms with Gasteiger partial charge in [0.2, 0.25) is 0 Å². The van der Waals surface area contributed by atoms with Gasteiger partial charge in [-0.25, -0.2) is 0 Å². The van der Waals surface area contributed by atoms with E-state index in [-0.39, 0.29) is 5.91 Å². The number of carbonyl (C=O) groups excluding carboxylic acids is 1. The van der Waals surface area contributed by atoms with Crippen molar-refractivity contribution >= 4 is 17.5 Å². The Morgan fingerprint density at radius 2 is 1.72 bits per heavy atom. The summed E-state index contributed by atoms with van der Waals surface area (Å²) in [5, 5.41) is 3.55. The second-order valence-corrected chi connectivity index (χ2v) is 5.85. The highest BCUT2D eigenvalue weighted by Gasteiger charge is 2.06. The van der Waals surface area contributed by atoms with Crippen molar-refractivity contribution in [3.63, 3.8) is 0 Å². The maximum atomic E-state index is 12.2. The molecule has 4 nitrogen and oxygen atoms in total. The molecule has 0 unspecified atom stereocenters. The Morgan fingerprint density at radius 1 is 1.00 bits per heavy atom. The van der Waals surface area contributed by atoms with E-state index in [1.165, 1.54) is 0 Å². The van der Waals surface area contributed by atoms with Gasteiger partial charge >= 0.3 is 0 Å². The Bertz CT molecular complexity index is 836. The summed E-state index contributed by atoms with van der Waals surface area (Å²) in [4.78, 5) is 16.1. The lowest BCUT2D eigenvalue weighted by Crippen LogP contribution is -2.22. The molecule has 5 heteroatoms. The summed E-state index contributed by atoms with van der Waals surface area (Å²) < 4.78 is 5.71. The number of benzene rings is 2. The van der Waals surface area contributed by atoms with Gasteiger partial charge in [-0.15, -0.1) is 0 Å². The van der Waals surface area contributed by atoms with Crippen LogP contribution in [0.4, 0.5) is 0 Å². The summed E-state index contributed by atoms with van der Waals surface area (Å²) >= 11 is 6.11. The lowest BCUT2D eigenvalue weighted by molar-refractivity contribution is 0.0951. The first-order valence-electron chi connectivity index (χ1n) is 7.86. The standard InChI is InChI=1S/C20H17ClN2O2/c21-19-4-2-1-3-17(19)14-25-18-7-5-16(6-8-18)20(24)23-13-15-9-11-22-12-10-15/h1-12H,13-14H2,(H,23,24). The van der Waals surface area contributed by atoms with Gasteiger partial charge in [0.25, 0.3) is 5.91 Å². The number of hydrogen-bond acceptors (Lipinski definition) is 3. The van der Waals surface area contributed by atoms with Gasteiger partial charge in [0, 0.05) is 35.1 Å². The number of carbonyl (C=O) groups is 1. The highest BCUT2D eigenvalue weighted by atomic mass is 35.5. The van der Waals surface area contributed by atoms with Crippen molar-refractivity contribution in [1.82, 2.24) is 10.3 Å². The molecule has 25 heavy (non-hydrogen) atoms. The average Bonchev–Trinajstić information content (AvgIpc) is 2.67. The third-order valence-corrected chi connectivity index (χ3v) is 4.04. The Kier molecular flexibility index (Phi) is 5.65. The monoisotopic (exact) mass is 352 g/mol. The Hall–Kier alpha value is -2.85. The number of ether oxygens (including phenoxy) is 1. The lowest BCUT2D eigenvalue weighted by atomic mass is 10.2. The minimum absolute atomic E-state index is 0.130. The van der Waals surface area contributed by atoms with Crippen LogP contribution >= 0.6 is 11.6 Å². The third kappa shape index (κ3) is 4.81. The first kappa shape index (κ1) is 17.0. The number of nitrogens with one attached hydrogen (secondary N) is 1. The van der Waals surface area contributed by atoms with Crippen LogP contribution in [0.5, 0.6) is 5.75 Å². The maximum Gasteiger partial charge on any atom is 0.251 e. The van der Waals surface area contributed by atoms with E-state index in [9.17, 15) is 4.79 Å². The largest absolute Gasteiger partial charge is 0.489 e. The summed E-state index contributed by atoms with van der Waals surface area (Å²) in [7, 11) is 0. The van der Waals surface area contributed by atoms with Gasteiger partial charge in [0.05, 0.1) is 0 Å². The van der Waals surface area contributed by atoms with Crippen molar-refractivity contribution in [3.05, 3.63) is 94.8 Å². The highest BCUT2D eigenvalue weighted by molar-refractivity contribution is 6.31. The average molecular weight is 353 g/mol. The number of hydrogen-bond donors (Lipinski definition) is 1. The Balaban J connectivity index is 1.54. The zero-order valence-corrected chi connectivity index (χ0v) is 14.2. The molecule has 0 saturated heterocycles. The minimum atomic E-state index is -0.130. The molecular formula is C20H17ClN2O2. The van der Waals surface area contributed by atoms with Crippen LogP contribution < -0.4 is 10.1 Å². The SMILES string of the molecule is O=C(NCc1ccncc1)c1ccc(OCc2ccccc2Cl)cc1. The van der Waals surface area contributed by atoms with E-state index in [0.29, 0.717) is 29.5 Å². The molecule has 0 bridgehead atoms. The zero-order chi connectivity index (χ0) is 17.5. The van der Waals surface area contributed by atoms with Crippen LogP contribution in [-0.4, -0.2) is 10.9 Å². The van der Waals surface area contributed by atoms with Gasteiger partial charge in [-0.3, -0.25) is 9.78 Å². The number of nitrogens with zero attached hydrogens (tertiary/aromatic N) is 1. The van der Waals surface area contributed by atoms with Crippen LogP contribution in [0.15, 0.2) is 73.1 Å². The molecule has 0 radical (unpaired) electrons. The van der Waals surface area contributed by atoms with Gasteiger partial charge in [-0.05, 0) is 48.0 Å². The topological polar surface area (TPSA) is 51.2 Å². The molecule has 0 spiro atoms. The number of rotatable bonds is 6. The van der Waals surface area contributed by atoms with Crippen molar-refractivity contribution < 1.29 is 9.53 Å². The molecule has 1 N–H and O–H groups in total. The Morgan fingerprint density at radius 3 is 2.44 bits per heavy atom. The summed E-state index contributed by atoms with van der Waals surface area (Å²) in [6.07, 6.45) is 3.40. The molecule has 0 fully saturated rings. The van der Waals surface area contributed by atoms with Crippen LogP contribution in [0, 0.1) is 0 Å². The predicted octanol–water partition coefficient (Wildman–Crippen LogP) is 4.24. The fraction of sp³-hybridized carbons (Fsp3) is 0.100. The zero-order valence-electron chi connectivity index (χ0n) is 13.5. The van der Waals surface area contributed by atoms with Crippen molar-refractivity contribution in [3.8, 4) is 5.75 Å². The van der Waals surface area contributed by atoms with E-state index < -0.39 is 0 Å². The molecule has 1 amide bonds. The first-order valence-corrected chi connectivity index (χ1v) is 8.23. The van der Waals surface area contributed by atoms with Gasteiger partial charge in [-0.1, -0.05) is 29.8 Å². The second kappa shape index (κ2) is 8.31.